The standard InChI is InChI=1S/C16H17N5O2S/c1-4-12-18-19-16(24-12)17-14(22)13-10-7-5-6-8-11(10)15(23)21(20-13)9(2)3/h5-9H,4H2,1-3H3,(H,17,19,22). The van der Waals surface area contributed by atoms with Crippen LogP contribution in [-0.2, 0) is 6.42 Å². The average molecular weight is 343 g/mol. The molecule has 124 valence electrons. The molecule has 0 saturated carbocycles. The maximum absolute atomic E-state index is 12.7. The maximum Gasteiger partial charge on any atom is 0.278 e. The molecule has 7 nitrogen and oxygen atoms in total. The summed E-state index contributed by atoms with van der Waals surface area (Å²) < 4.78 is 1.33. The Labute approximate surface area is 142 Å². The van der Waals surface area contributed by atoms with Crippen LogP contribution in [0.15, 0.2) is 29.1 Å². The van der Waals surface area contributed by atoms with Crippen LogP contribution < -0.4 is 10.9 Å². The normalized spacial score (nSPS) is 11.2. The summed E-state index contributed by atoms with van der Waals surface area (Å²) in [5, 5.41) is 17.2. The van der Waals surface area contributed by atoms with Gasteiger partial charge in [0.25, 0.3) is 11.5 Å². The summed E-state index contributed by atoms with van der Waals surface area (Å²) in [4.78, 5) is 25.2. The summed E-state index contributed by atoms with van der Waals surface area (Å²) >= 11 is 1.32. The van der Waals surface area contributed by atoms with Crippen molar-refractivity contribution < 1.29 is 4.79 Å². The van der Waals surface area contributed by atoms with Crippen LogP contribution in [0.4, 0.5) is 5.13 Å². The van der Waals surface area contributed by atoms with Gasteiger partial charge in [-0.3, -0.25) is 14.9 Å². The van der Waals surface area contributed by atoms with E-state index in [1.807, 2.05) is 20.8 Å². The van der Waals surface area contributed by atoms with E-state index in [2.05, 4.69) is 20.6 Å². The van der Waals surface area contributed by atoms with Gasteiger partial charge in [-0.2, -0.15) is 5.10 Å². The van der Waals surface area contributed by atoms with E-state index >= 15 is 0 Å². The topological polar surface area (TPSA) is 89.8 Å². The second-order valence-corrected chi connectivity index (χ2v) is 6.61. The minimum absolute atomic E-state index is 0.151. The Morgan fingerprint density at radius 3 is 2.58 bits per heavy atom. The fraction of sp³-hybridized carbons (Fsp3) is 0.312. The molecule has 0 spiro atoms. The number of benzene rings is 1. The van der Waals surface area contributed by atoms with Crippen molar-refractivity contribution in [2.45, 2.75) is 33.2 Å². The van der Waals surface area contributed by atoms with Crippen molar-refractivity contribution in [2.75, 3.05) is 5.32 Å². The minimum Gasteiger partial charge on any atom is -0.295 e. The molecule has 24 heavy (non-hydrogen) atoms. The lowest BCUT2D eigenvalue weighted by molar-refractivity contribution is 0.102. The first-order chi connectivity index (χ1) is 11.5. The smallest absolute Gasteiger partial charge is 0.278 e. The van der Waals surface area contributed by atoms with Crippen molar-refractivity contribution in [3.8, 4) is 0 Å². The number of aromatic nitrogens is 4. The Balaban J connectivity index is 2.09. The summed E-state index contributed by atoms with van der Waals surface area (Å²) in [6.45, 7) is 5.67. The zero-order chi connectivity index (χ0) is 17.3. The van der Waals surface area contributed by atoms with Gasteiger partial charge >= 0.3 is 0 Å². The quantitative estimate of drug-likeness (QED) is 0.786. The highest BCUT2D eigenvalue weighted by atomic mass is 32.1. The molecule has 0 atom stereocenters. The number of amides is 1. The van der Waals surface area contributed by atoms with E-state index in [9.17, 15) is 9.59 Å². The van der Waals surface area contributed by atoms with Crippen molar-refractivity contribution in [3.63, 3.8) is 0 Å². The lowest BCUT2D eigenvalue weighted by Crippen LogP contribution is -2.28. The zero-order valence-corrected chi connectivity index (χ0v) is 14.4. The predicted octanol–water partition coefficient (Wildman–Crippen LogP) is 2.64. The Bertz CT molecular complexity index is 961. The van der Waals surface area contributed by atoms with Crippen molar-refractivity contribution in [2.24, 2.45) is 0 Å². The Morgan fingerprint density at radius 2 is 1.96 bits per heavy atom. The average Bonchev–Trinajstić information content (AvgIpc) is 3.02. The SMILES string of the molecule is CCc1nnc(NC(=O)c2nn(C(C)C)c(=O)c3ccccc23)s1. The molecule has 0 fully saturated rings. The second-order valence-electron chi connectivity index (χ2n) is 5.55. The molecule has 0 aliphatic rings. The van der Waals surface area contributed by atoms with Crippen molar-refractivity contribution in [3.05, 3.63) is 45.3 Å². The molecule has 2 aromatic heterocycles. The van der Waals surface area contributed by atoms with Gasteiger partial charge < -0.3 is 0 Å². The van der Waals surface area contributed by atoms with Crippen LogP contribution in [0.1, 0.15) is 42.3 Å². The van der Waals surface area contributed by atoms with Crippen molar-refractivity contribution in [1.82, 2.24) is 20.0 Å². The number of nitrogens with zero attached hydrogens (tertiary/aromatic N) is 4. The molecule has 1 amide bonds. The van der Waals surface area contributed by atoms with Gasteiger partial charge in [0.1, 0.15) is 5.01 Å². The first-order valence-electron chi connectivity index (χ1n) is 7.66. The fourth-order valence-corrected chi connectivity index (χ4v) is 3.00. The van der Waals surface area contributed by atoms with E-state index in [4.69, 9.17) is 0 Å². The summed E-state index contributed by atoms with van der Waals surface area (Å²) in [6.07, 6.45) is 0.757. The number of fused-ring (bicyclic) bond motifs is 1. The molecule has 0 aliphatic heterocycles. The van der Waals surface area contributed by atoms with Crippen LogP contribution in [-0.4, -0.2) is 25.9 Å². The predicted molar refractivity (Wildman–Crippen MR) is 93.6 cm³/mol. The maximum atomic E-state index is 12.7. The third-order valence-corrected chi connectivity index (χ3v) is 4.51. The molecular formula is C16H17N5O2S. The fourth-order valence-electron chi connectivity index (χ4n) is 2.33. The first kappa shape index (κ1) is 16.3. The van der Waals surface area contributed by atoms with Crippen LogP contribution in [0.5, 0.6) is 0 Å². The van der Waals surface area contributed by atoms with Gasteiger partial charge in [0.05, 0.1) is 11.4 Å². The zero-order valence-electron chi connectivity index (χ0n) is 13.6. The van der Waals surface area contributed by atoms with E-state index in [-0.39, 0.29) is 17.3 Å². The van der Waals surface area contributed by atoms with E-state index in [0.717, 1.165) is 11.4 Å². The molecule has 8 heteroatoms. The number of carbonyl (C=O) groups excluding carboxylic acids is 1. The highest BCUT2D eigenvalue weighted by Gasteiger charge is 2.19. The number of rotatable bonds is 4. The highest BCUT2D eigenvalue weighted by Crippen LogP contribution is 2.19. The van der Waals surface area contributed by atoms with Gasteiger partial charge in [0, 0.05) is 5.39 Å². The van der Waals surface area contributed by atoms with Gasteiger partial charge in [0.15, 0.2) is 5.69 Å². The third kappa shape index (κ3) is 2.92. The lowest BCUT2D eigenvalue weighted by atomic mass is 10.1. The van der Waals surface area contributed by atoms with Crippen molar-refractivity contribution >= 4 is 33.1 Å². The highest BCUT2D eigenvalue weighted by molar-refractivity contribution is 7.15. The largest absolute Gasteiger partial charge is 0.295 e. The minimum atomic E-state index is -0.403. The molecule has 0 unspecified atom stereocenters. The third-order valence-electron chi connectivity index (χ3n) is 3.52. The van der Waals surface area contributed by atoms with Gasteiger partial charge in [-0.25, -0.2) is 4.68 Å². The molecule has 3 aromatic rings. The van der Waals surface area contributed by atoms with Crippen LogP contribution in [0.25, 0.3) is 10.8 Å². The van der Waals surface area contributed by atoms with Crippen LogP contribution in [0.3, 0.4) is 0 Å². The summed E-state index contributed by atoms with van der Waals surface area (Å²) in [7, 11) is 0. The first-order valence-corrected chi connectivity index (χ1v) is 8.48. The van der Waals surface area contributed by atoms with E-state index in [0.29, 0.717) is 15.9 Å². The Kier molecular flexibility index (Phi) is 4.39. The molecule has 1 N–H and O–H groups in total. The summed E-state index contributed by atoms with van der Waals surface area (Å²) in [5.74, 6) is -0.403. The number of aryl methyl sites for hydroxylation is 1. The summed E-state index contributed by atoms with van der Waals surface area (Å²) in [5.41, 5.74) is -0.00603. The Hall–Kier alpha value is -2.61. The summed E-state index contributed by atoms with van der Waals surface area (Å²) in [6, 6.07) is 6.83. The van der Waals surface area contributed by atoms with Crippen LogP contribution in [0, 0.1) is 0 Å². The number of anilines is 1. The Morgan fingerprint density at radius 1 is 1.25 bits per heavy atom. The van der Waals surface area contributed by atoms with E-state index < -0.39 is 5.91 Å². The van der Waals surface area contributed by atoms with Crippen LogP contribution >= 0.6 is 11.3 Å². The van der Waals surface area contributed by atoms with E-state index in [1.165, 1.54) is 16.0 Å². The molecule has 0 saturated heterocycles. The molecule has 0 radical (unpaired) electrons. The van der Waals surface area contributed by atoms with Gasteiger partial charge in [-0.15, -0.1) is 10.2 Å². The molecule has 0 bridgehead atoms. The van der Waals surface area contributed by atoms with Gasteiger partial charge in [-0.1, -0.05) is 36.5 Å². The number of hydrogen-bond acceptors (Lipinski definition) is 6. The van der Waals surface area contributed by atoms with Crippen molar-refractivity contribution in [1.29, 1.82) is 0 Å². The second kappa shape index (κ2) is 6.48. The number of carbonyl (C=O) groups is 1. The molecule has 3 rings (SSSR count). The van der Waals surface area contributed by atoms with Gasteiger partial charge in [-0.05, 0) is 26.3 Å². The van der Waals surface area contributed by atoms with Crippen LogP contribution in [0.2, 0.25) is 0 Å². The lowest BCUT2D eigenvalue weighted by Gasteiger charge is -2.12. The molecule has 0 aliphatic carbocycles. The van der Waals surface area contributed by atoms with Gasteiger partial charge in [0.2, 0.25) is 5.13 Å². The monoisotopic (exact) mass is 343 g/mol. The molecule has 2 heterocycles. The molecule has 1 aromatic carbocycles. The molecular weight excluding hydrogens is 326 g/mol. The number of hydrogen-bond donors (Lipinski definition) is 1. The van der Waals surface area contributed by atoms with E-state index in [1.54, 1.807) is 24.3 Å². The number of nitrogens with one attached hydrogen (secondary N) is 1.